The number of hydrogen-bond donors (Lipinski definition) is 1. The molecule has 0 saturated carbocycles. The summed E-state index contributed by atoms with van der Waals surface area (Å²) in [6.07, 6.45) is 0.873. The molecule has 1 saturated heterocycles. The second-order valence-electron chi connectivity index (χ2n) is 8.67. The van der Waals surface area contributed by atoms with E-state index in [0.29, 0.717) is 41.6 Å². The standard InChI is InChI=1S/C27H34O7/c1-16(2)20(27(28)29)14-21-19(11-17-7-9-22(30-3)24(12-17)32-5)15-34-26(21)18-8-10-23(31-4)25(13-18)33-6/h7-10,12-13,19,21,26H,11,14-15H2,1-6H3,(H,28,29)/t19-,21+,26+/m0/s1. The van der Waals surface area contributed by atoms with Gasteiger partial charge < -0.3 is 28.8 Å². The highest BCUT2D eigenvalue weighted by atomic mass is 16.5. The number of ether oxygens (including phenoxy) is 5. The van der Waals surface area contributed by atoms with Crippen molar-refractivity contribution >= 4 is 5.97 Å². The lowest BCUT2D eigenvalue weighted by atomic mass is 9.79. The fraction of sp³-hybridized carbons (Fsp3) is 0.444. The molecule has 184 valence electrons. The number of allylic oxidation sites excluding steroid dienone is 1. The van der Waals surface area contributed by atoms with Gasteiger partial charge in [0.05, 0.1) is 41.2 Å². The van der Waals surface area contributed by atoms with Crippen molar-refractivity contribution in [2.45, 2.75) is 32.8 Å². The Balaban J connectivity index is 1.96. The van der Waals surface area contributed by atoms with Crippen LogP contribution < -0.4 is 18.9 Å². The van der Waals surface area contributed by atoms with Gasteiger partial charge in [-0.05, 0) is 73.9 Å². The van der Waals surface area contributed by atoms with Crippen LogP contribution in [0.25, 0.3) is 0 Å². The van der Waals surface area contributed by atoms with Crippen molar-refractivity contribution in [3.8, 4) is 23.0 Å². The van der Waals surface area contributed by atoms with Crippen LogP contribution in [-0.2, 0) is 16.0 Å². The van der Waals surface area contributed by atoms with Crippen molar-refractivity contribution in [1.82, 2.24) is 0 Å². The highest BCUT2D eigenvalue weighted by molar-refractivity contribution is 5.87. The predicted octanol–water partition coefficient (Wildman–Crippen LogP) is 5.08. The van der Waals surface area contributed by atoms with Crippen molar-refractivity contribution in [2.75, 3.05) is 35.0 Å². The largest absolute Gasteiger partial charge is 0.493 e. The lowest BCUT2D eigenvalue weighted by Crippen LogP contribution is -2.21. The molecule has 7 nitrogen and oxygen atoms in total. The van der Waals surface area contributed by atoms with Crippen LogP contribution >= 0.6 is 0 Å². The second-order valence-corrected chi connectivity index (χ2v) is 8.67. The van der Waals surface area contributed by atoms with Crippen LogP contribution in [0, 0.1) is 11.8 Å². The number of methoxy groups -OCH3 is 4. The fourth-order valence-corrected chi connectivity index (χ4v) is 4.63. The molecule has 0 spiro atoms. The van der Waals surface area contributed by atoms with Crippen molar-refractivity contribution in [2.24, 2.45) is 11.8 Å². The number of rotatable bonds is 10. The number of benzene rings is 2. The third-order valence-electron chi connectivity index (χ3n) is 6.47. The van der Waals surface area contributed by atoms with E-state index in [-0.39, 0.29) is 17.9 Å². The molecule has 2 aromatic rings. The van der Waals surface area contributed by atoms with Crippen LogP contribution in [0.15, 0.2) is 47.5 Å². The minimum Gasteiger partial charge on any atom is -0.493 e. The van der Waals surface area contributed by atoms with Gasteiger partial charge in [-0.25, -0.2) is 4.79 Å². The maximum absolute atomic E-state index is 12.0. The van der Waals surface area contributed by atoms with E-state index >= 15 is 0 Å². The molecular formula is C27H34O7. The van der Waals surface area contributed by atoms with Crippen molar-refractivity contribution in [3.05, 3.63) is 58.7 Å². The Bertz CT molecular complexity index is 1040. The Morgan fingerprint density at radius 2 is 1.50 bits per heavy atom. The molecule has 0 bridgehead atoms. The van der Waals surface area contributed by atoms with E-state index in [1.165, 1.54) is 0 Å². The van der Waals surface area contributed by atoms with Gasteiger partial charge in [0.25, 0.3) is 0 Å². The van der Waals surface area contributed by atoms with Gasteiger partial charge in [0.1, 0.15) is 0 Å². The lowest BCUT2D eigenvalue weighted by Gasteiger charge is -2.25. The van der Waals surface area contributed by atoms with Crippen molar-refractivity contribution in [3.63, 3.8) is 0 Å². The van der Waals surface area contributed by atoms with Crippen molar-refractivity contribution in [1.29, 1.82) is 0 Å². The minimum atomic E-state index is -0.886. The third kappa shape index (κ3) is 5.47. The Labute approximate surface area is 201 Å². The predicted molar refractivity (Wildman–Crippen MR) is 129 cm³/mol. The zero-order valence-electron chi connectivity index (χ0n) is 20.7. The molecule has 0 radical (unpaired) electrons. The first-order chi connectivity index (χ1) is 16.3. The lowest BCUT2D eigenvalue weighted by molar-refractivity contribution is -0.133. The summed E-state index contributed by atoms with van der Waals surface area (Å²) in [7, 11) is 6.42. The first kappa shape index (κ1) is 25.4. The molecule has 1 aliphatic heterocycles. The number of aliphatic carboxylic acids is 1. The maximum Gasteiger partial charge on any atom is 0.331 e. The molecule has 34 heavy (non-hydrogen) atoms. The molecule has 3 atom stereocenters. The van der Waals surface area contributed by atoms with Crippen LogP contribution in [0.2, 0.25) is 0 Å². The van der Waals surface area contributed by atoms with Gasteiger partial charge in [-0.1, -0.05) is 17.7 Å². The molecule has 1 N–H and O–H groups in total. The average molecular weight is 471 g/mol. The topological polar surface area (TPSA) is 83.5 Å². The van der Waals surface area contributed by atoms with E-state index in [4.69, 9.17) is 23.7 Å². The molecule has 1 aliphatic rings. The summed E-state index contributed by atoms with van der Waals surface area (Å²) in [6, 6.07) is 11.6. The second kappa shape index (κ2) is 11.3. The van der Waals surface area contributed by atoms with Crippen LogP contribution in [-0.4, -0.2) is 46.1 Å². The summed E-state index contributed by atoms with van der Waals surface area (Å²) >= 11 is 0. The zero-order chi connectivity index (χ0) is 24.8. The minimum absolute atomic E-state index is 0.0350. The first-order valence-corrected chi connectivity index (χ1v) is 11.3. The van der Waals surface area contributed by atoms with Gasteiger partial charge in [-0.3, -0.25) is 0 Å². The Kier molecular flexibility index (Phi) is 8.45. The summed E-state index contributed by atoms with van der Waals surface area (Å²) in [5.74, 6) is 1.79. The van der Waals surface area contributed by atoms with E-state index < -0.39 is 5.97 Å². The highest BCUT2D eigenvalue weighted by Crippen LogP contribution is 2.45. The molecule has 1 heterocycles. The van der Waals surface area contributed by atoms with Gasteiger partial charge in [0.15, 0.2) is 23.0 Å². The molecule has 0 unspecified atom stereocenters. The summed E-state index contributed by atoms with van der Waals surface area (Å²) in [4.78, 5) is 12.0. The van der Waals surface area contributed by atoms with Crippen LogP contribution in [0.5, 0.6) is 23.0 Å². The van der Waals surface area contributed by atoms with Gasteiger partial charge in [-0.15, -0.1) is 0 Å². The Hall–Kier alpha value is -3.19. The molecule has 0 aromatic heterocycles. The molecule has 1 fully saturated rings. The molecule has 0 amide bonds. The van der Waals surface area contributed by atoms with Crippen LogP contribution in [0.3, 0.4) is 0 Å². The fourth-order valence-electron chi connectivity index (χ4n) is 4.63. The van der Waals surface area contributed by atoms with Crippen LogP contribution in [0.1, 0.15) is 37.5 Å². The SMILES string of the molecule is COc1ccc(C[C@H]2CO[C@H](c3ccc(OC)c(OC)c3)[C@@H]2CC(C(=O)O)=C(C)C)cc1OC. The maximum atomic E-state index is 12.0. The third-order valence-corrected chi connectivity index (χ3v) is 6.47. The van der Waals surface area contributed by atoms with E-state index in [1.807, 2.05) is 50.2 Å². The Morgan fingerprint density at radius 1 is 0.912 bits per heavy atom. The van der Waals surface area contributed by atoms with Gasteiger partial charge in [-0.2, -0.15) is 0 Å². The number of carboxylic acids is 1. The van der Waals surface area contributed by atoms with Gasteiger partial charge in [0, 0.05) is 5.57 Å². The Morgan fingerprint density at radius 3 is 2.06 bits per heavy atom. The number of hydrogen-bond acceptors (Lipinski definition) is 6. The van der Waals surface area contributed by atoms with E-state index in [1.54, 1.807) is 28.4 Å². The molecule has 2 aromatic carbocycles. The molecule has 3 rings (SSSR count). The van der Waals surface area contributed by atoms with Crippen molar-refractivity contribution < 1.29 is 33.6 Å². The summed E-state index contributed by atoms with van der Waals surface area (Å²) in [5.41, 5.74) is 3.25. The first-order valence-electron chi connectivity index (χ1n) is 11.3. The monoisotopic (exact) mass is 470 g/mol. The summed E-state index contributed by atoms with van der Waals surface area (Å²) in [5, 5.41) is 9.85. The molecule has 7 heteroatoms. The molecular weight excluding hydrogens is 436 g/mol. The quantitative estimate of drug-likeness (QED) is 0.485. The van der Waals surface area contributed by atoms with Gasteiger partial charge >= 0.3 is 5.97 Å². The zero-order valence-corrected chi connectivity index (χ0v) is 20.7. The van der Waals surface area contributed by atoms with E-state index in [0.717, 1.165) is 23.1 Å². The summed E-state index contributed by atoms with van der Waals surface area (Å²) in [6.45, 7) is 4.20. The normalized spacial score (nSPS) is 19.4. The molecule has 0 aliphatic carbocycles. The van der Waals surface area contributed by atoms with Gasteiger partial charge in [0.2, 0.25) is 0 Å². The van der Waals surface area contributed by atoms with E-state index in [2.05, 4.69) is 0 Å². The summed E-state index contributed by atoms with van der Waals surface area (Å²) < 4.78 is 28.0. The average Bonchev–Trinajstić information content (AvgIpc) is 3.23. The smallest absolute Gasteiger partial charge is 0.331 e. The number of carbonyl (C=O) groups is 1. The van der Waals surface area contributed by atoms with Crippen LogP contribution in [0.4, 0.5) is 0 Å². The number of carboxylic acid groups (broad SMARTS) is 1. The highest BCUT2D eigenvalue weighted by Gasteiger charge is 2.39. The van der Waals surface area contributed by atoms with E-state index in [9.17, 15) is 9.90 Å².